The monoisotopic (exact) mass is 298 g/mol. The van der Waals surface area contributed by atoms with E-state index in [9.17, 15) is 19.2 Å². The van der Waals surface area contributed by atoms with Gasteiger partial charge >= 0.3 is 11.9 Å². The highest BCUT2D eigenvalue weighted by Gasteiger charge is 2.22. The van der Waals surface area contributed by atoms with Crippen LogP contribution in [0.1, 0.15) is 47.0 Å². The highest BCUT2D eigenvalue weighted by molar-refractivity contribution is 5.95. The van der Waals surface area contributed by atoms with Gasteiger partial charge in [-0.15, -0.1) is 0 Å². The molecule has 0 aromatic carbocycles. The van der Waals surface area contributed by atoms with Crippen molar-refractivity contribution in [2.75, 3.05) is 0 Å². The van der Waals surface area contributed by atoms with E-state index in [4.69, 9.17) is 9.47 Å². The summed E-state index contributed by atoms with van der Waals surface area (Å²) in [5.74, 6) is -1.99. The molecule has 6 heteroatoms. The lowest BCUT2D eigenvalue weighted by Gasteiger charge is -2.14. The second-order valence-electron chi connectivity index (χ2n) is 4.60. The normalized spacial score (nSPS) is 13.0. The SMILES string of the molecule is C=C(CC(=O)OC(C)C(=O)CC)C(=O)OC(C)C(=O)CC. The molecule has 2 unspecified atom stereocenters. The molecule has 0 bridgehead atoms. The molecule has 0 rings (SSSR count). The van der Waals surface area contributed by atoms with Gasteiger partial charge in [-0.1, -0.05) is 20.4 Å². The Hall–Kier alpha value is -1.98. The molecule has 0 saturated heterocycles. The van der Waals surface area contributed by atoms with E-state index >= 15 is 0 Å². The first kappa shape index (κ1) is 19.0. The predicted octanol–water partition coefficient (Wildman–Crippen LogP) is 1.75. The molecule has 0 amide bonds. The van der Waals surface area contributed by atoms with E-state index in [0.29, 0.717) is 0 Å². The molecule has 0 saturated carbocycles. The van der Waals surface area contributed by atoms with Crippen LogP contribution in [0.5, 0.6) is 0 Å². The van der Waals surface area contributed by atoms with Crippen molar-refractivity contribution >= 4 is 23.5 Å². The Bertz CT molecular complexity index is 437. The first-order chi connectivity index (χ1) is 9.72. The lowest BCUT2D eigenvalue weighted by atomic mass is 10.2. The molecule has 0 heterocycles. The molecule has 0 aliphatic rings. The fraction of sp³-hybridized carbons (Fsp3) is 0.600. The number of hydrogen-bond donors (Lipinski definition) is 0. The number of rotatable bonds is 9. The largest absolute Gasteiger partial charge is 0.454 e. The molecule has 0 aromatic rings. The molecular weight excluding hydrogens is 276 g/mol. The summed E-state index contributed by atoms with van der Waals surface area (Å²) >= 11 is 0. The number of Topliss-reactive ketones (excluding diaryl/α,β-unsaturated/α-hetero) is 2. The lowest BCUT2D eigenvalue weighted by molar-refractivity contribution is -0.155. The van der Waals surface area contributed by atoms with Crippen LogP contribution >= 0.6 is 0 Å². The predicted molar refractivity (Wildman–Crippen MR) is 75.5 cm³/mol. The van der Waals surface area contributed by atoms with Crippen LogP contribution in [0.25, 0.3) is 0 Å². The summed E-state index contributed by atoms with van der Waals surface area (Å²) in [6, 6.07) is 0. The van der Waals surface area contributed by atoms with Gasteiger partial charge in [0.05, 0.1) is 6.42 Å². The van der Waals surface area contributed by atoms with Crippen LogP contribution in [-0.4, -0.2) is 35.7 Å². The molecule has 0 radical (unpaired) electrons. The number of ether oxygens (including phenoxy) is 2. The smallest absolute Gasteiger partial charge is 0.334 e. The van der Waals surface area contributed by atoms with Crippen LogP contribution in [0.15, 0.2) is 12.2 Å². The molecular formula is C15H22O6. The van der Waals surface area contributed by atoms with Crippen LogP contribution in [0.2, 0.25) is 0 Å². The number of hydrogen-bond acceptors (Lipinski definition) is 6. The minimum atomic E-state index is -0.879. The number of esters is 2. The zero-order valence-electron chi connectivity index (χ0n) is 12.9. The van der Waals surface area contributed by atoms with E-state index in [1.807, 2.05) is 0 Å². The number of carbonyl (C=O) groups excluding carboxylic acids is 4. The molecule has 0 aliphatic heterocycles. The van der Waals surface area contributed by atoms with Gasteiger partial charge in [-0.2, -0.15) is 0 Å². The van der Waals surface area contributed by atoms with Crippen molar-refractivity contribution in [1.29, 1.82) is 0 Å². The van der Waals surface area contributed by atoms with Gasteiger partial charge in [-0.25, -0.2) is 4.79 Å². The standard InChI is InChI=1S/C15H22O6/c1-6-12(16)10(4)20-14(18)8-9(3)15(19)21-11(5)13(17)7-2/h10-11H,3,6-8H2,1-2,4-5H3. The molecule has 0 aromatic heterocycles. The van der Waals surface area contributed by atoms with Crippen LogP contribution < -0.4 is 0 Å². The van der Waals surface area contributed by atoms with Crippen molar-refractivity contribution in [1.82, 2.24) is 0 Å². The second-order valence-corrected chi connectivity index (χ2v) is 4.60. The quantitative estimate of drug-likeness (QED) is 0.476. The summed E-state index contributed by atoms with van der Waals surface area (Å²) in [4.78, 5) is 45.8. The third-order valence-electron chi connectivity index (χ3n) is 2.84. The average Bonchev–Trinajstić information content (AvgIpc) is 2.44. The first-order valence-corrected chi connectivity index (χ1v) is 6.86. The van der Waals surface area contributed by atoms with Gasteiger partial charge in [0.1, 0.15) is 0 Å². The van der Waals surface area contributed by atoms with Gasteiger partial charge in [0.25, 0.3) is 0 Å². The molecule has 118 valence electrons. The van der Waals surface area contributed by atoms with Crippen molar-refractivity contribution in [3.63, 3.8) is 0 Å². The molecule has 2 atom stereocenters. The maximum atomic E-state index is 11.6. The summed E-state index contributed by atoms with van der Waals surface area (Å²) in [7, 11) is 0. The Morgan fingerprint density at radius 3 is 1.76 bits per heavy atom. The Balaban J connectivity index is 4.35. The van der Waals surface area contributed by atoms with Crippen LogP contribution in [0, 0.1) is 0 Å². The zero-order valence-corrected chi connectivity index (χ0v) is 12.9. The van der Waals surface area contributed by atoms with E-state index in [2.05, 4.69) is 6.58 Å². The van der Waals surface area contributed by atoms with Gasteiger partial charge in [-0.3, -0.25) is 14.4 Å². The molecule has 21 heavy (non-hydrogen) atoms. The molecule has 6 nitrogen and oxygen atoms in total. The van der Waals surface area contributed by atoms with E-state index < -0.39 is 24.1 Å². The Morgan fingerprint density at radius 1 is 0.905 bits per heavy atom. The lowest BCUT2D eigenvalue weighted by Crippen LogP contribution is -2.26. The molecule has 0 N–H and O–H groups in total. The Kier molecular flexibility index (Phi) is 8.19. The Morgan fingerprint density at radius 2 is 1.33 bits per heavy atom. The maximum Gasteiger partial charge on any atom is 0.334 e. The number of ketones is 2. The minimum absolute atomic E-state index is 0.119. The summed E-state index contributed by atoms with van der Waals surface area (Å²) in [6.07, 6.45) is -1.61. The average molecular weight is 298 g/mol. The zero-order chi connectivity index (χ0) is 16.6. The number of carbonyl (C=O) groups is 4. The molecule has 0 spiro atoms. The minimum Gasteiger partial charge on any atom is -0.454 e. The van der Waals surface area contributed by atoms with Gasteiger partial charge < -0.3 is 9.47 Å². The summed E-state index contributed by atoms with van der Waals surface area (Å²) in [6.45, 7) is 9.67. The van der Waals surface area contributed by atoms with E-state index in [1.165, 1.54) is 13.8 Å². The topological polar surface area (TPSA) is 86.7 Å². The molecule has 0 fully saturated rings. The van der Waals surface area contributed by atoms with Crippen molar-refractivity contribution in [3.8, 4) is 0 Å². The highest BCUT2D eigenvalue weighted by atomic mass is 16.6. The van der Waals surface area contributed by atoms with E-state index in [1.54, 1.807) is 13.8 Å². The third-order valence-corrected chi connectivity index (χ3v) is 2.84. The summed E-state index contributed by atoms with van der Waals surface area (Å²) in [5.41, 5.74) is -0.119. The molecule has 0 aliphatic carbocycles. The highest BCUT2D eigenvalue weighted by Crippen LogP contribution is 2.08. The Labute approximate surface area is 124 Å². The van der Waals surface area contributed by atoms with Crippen LogP contribution in [0.3, 0.4) is 0 Å². The fourth-order valence-corrected chi connectivity index (χ4v) is 1.44. The van der Waals surface area contributed by atoms with Crippen LogP contribution in [0.4, 0.5) is 0 Å². The van der Waals surface area contributed by atoms with E-state index in [-0.39, 0.29) is 36.4 Å². The summed E-state index contributed by atoms with van der Waals surface area (Å²) in [5, 5.41) is 0. The third kappa shape index (κ3) is 6.83. The van der Waals surface area contributed by atoms with Crippen molar-refractivity contribution in [2.24, 2.45) is 0 Å². The fourth-order valence-electron chi connectivity index (χ4n) is 1.44. The first-order valence-electron chi connectivity index (χ1n) is 6.86. The summed E-state index contributed by atoms with van der Waals surface area (Å²) < 4.78 is 9.75. The second kappa shape index (κ2) is 9.05. The van der Waals surface area contributed by atoms with Gasteiger partial charge in [0.2, 0.25) is 0 Å². The van der Waals surface area contributed by atoms with Gasteiger partial charge in [0.15, 0.2) is 23.8 Å². The van der Waals surface area contributed by atoms with Gasteiger partial charge in [-0.05, 0) is 13.8 Å². The van der Waals surface area contributed by atoms with Crippen molar-refractivity contribution in [2.45, 2.75) is 59.2 Å². The van der Waals surface area contributed by atoms with E-state index in [0.717, 1.165) is 0 Å². The maximum absolute atomic E-state index is 11.6. The van der Waals surface area contributed by atoms with Gasteiger partial charge in [0, 0.05) is 18.4 Å². The van der Waals surface area contributed by atoms with Crippen LogP contribution in [-0.2, 0) is 28.7 Å². The van der Waals surface area contributed by atoms with Crippen molar-refractivity contribution < 1.29 is 28.7 Å². The van der Waals surface area contributed by atoms with Crippen molar-refractivity contribution in [3.05, 3.63) is 12.2 Å².